The standard InChI is InChI=1S/C23H32N2O6/c1-15(13-19(26)31-24-20(27)29-22(2,3)4)12-16-14-25(21(28)30-23(5,6)7)18-11-9-8-10-17(16)18/h8-11,14-15H,12-13H2,1-7H3,(H,24,27). The normalized spacial score (nSPS) is 12.9. The largest absolute Gasteiger partial charge is 0.443 e. The van der Waals surface area contributed by atoms with Crippen LogP contribution in [-0.4, -0.2) is 33.9 Å². The number of ether oxygens (including phenoxy) is 2. The fourth-order valence-electron chi connectivity index (χ4n) is 3.05. The molecule has 0 spiro atoms. The van der Waals surface area contributed by atoms with E-state index in [0.29, 0.717) is 6.42 Å². The number of fused-ring (bicyclic) bond motifs is 1. The SMILES string of the molecule is CC(CC(=O)ONC(=O)OC(C)(C)C)Cc1cn(C(=O)OC(C)(C)C)c2ccccc12. The van der Waals surface area contributed by atoms with Crippen LogP contribution in [0.4, 0.5) is 9.59 Å². The van der Waals surface area contributed by atoms with Crippen LogP contribution in [0.15, 0.2) is 30.5 Å². The lowest BCUT2D eigenvalue weighted by Crippen LogP contribution is -2.34. The molecule has 0 aliphatic carbocycles. The zero-order valence-corrected chi connectivity index (χ0v) is 19.3. The van der Waals surface area contributed by atoms with Crippen molar-refractivity contribution in [3.05, 3.63) is 36.0 Å². The third-order valence-electron chi connectivity index (χ3n) is 4.12. The molecule has 8 nitrogen and oxygen atoms in total. The minimum Gasteiger partial charge on any atom is -0.443 e. The molecule has 0 aliphatic heterocycles. The summed E-state index contributed by atoms with van der Waals surface area (Å²) >= 11 is 0. The zero-order valence-electron chi connectivity index (χ0n) is 19.3. The molecule has 0 bridgehead atoms. The molecule has 1 atom stereocenters. The molecule has 31 heavy (non-hydrogen) atoms. The van der Waals surface area contributed by atoms with E-state index in [1.807, 2.05) is 57.4 Å². The van der Waals surface area contributed by atoms with Crippen LogP contribution < -0.4 is 5.48 Å². The van der Waals surface area contributed by atoms with Crippen LogP contribution >= 0.6 is 0 Å². The lowest BCUT2D eigenvalue weighted by Gasteiger charge is -2.19. The molecule has 0 fully saturated rings. The van der Waals surface area contributed by atoms with Crippen molar-refractivity contribution in [2.45, 2.75) is 72.5 Å². The molecule has 170 valence electrons. The van der Waals surface area contributed by atoms with Crippen molar-refractivity contribution >= 4 is 29.1 Å². The number of aromatic nitrogens is 1. The average Bonchev–Trinajstić information content (AvgIpc) is 2.96. The van der Waals surface area contributed by atoms with Crippen molar-refractivity contribution in [1.82, 2.24) is 10.0 Å². The number of hydrogen-bond donors (Lipinski definition) is 1. The van der Waals surface area contributed by atoms with Crippen LogP contribution in [0.1, 0.15) is 60.5 Å². The summed E-state index contributed by atoms with van der Waals surface area (Å²) in [6.07, 6.45) is 1.09. The van der Waals surface area contributed by atoms with Crippen LogP contribution in [0.2, 0.25) is 0 Å². The first-order chi connectivity index (χ1) is 14.2. The summed E-state index contributed by atoms with van der Waals surface area (Å²) in [6.45, 7) is 12.5. The molecule has 0 saturated heterocycles. The molecule has 1 aromatic carbocycles. The van der Waals surface area contributed by atoms with Gasteiger partial charge in [-0.15, -0.1) is 5.48 Å². The summed E-state index contributed by atoms with van der Waals surface area (Å²) < 4.78 is 12.0. The Hall–Kier alpha value is -3.03. The summed E-state index contributed by atoms with van der Waals surface area (Å²) in [5.41, 5.74) is 2.37. The maximum Gasteiger partial charge on any atom is 0.441 e. The van der Waals surface area contributed by atoms with E-state index < -0.39 is 29.4 Å². The molecule has 0 aliphatic rings. The van der Waals surface area contributed by atoms with Gasteiger partial charge < -0.3 is 14.3 Å². The van der Waals surface area contributed by atoms with Crippen LogP contribution in [0.3, 0.4) is 0 Å². The average molecular weight is 433 g/mol. The molecule has 1 N–H and O–H groups in total. The van der Waals surface area contributed by atoms with Gasteiger partial charge in [-0.05, 0) is 65.5 Å². The Labute approximate surface area is 182 Å². The molecule has 0 saturated carbocycles. The predicted octanol–water partition coefficient (Wildman–Crippen LogP) is 4.98. The molecule has 8 heteroatoms. The van der Waals surface area contributed by atoms with E-state index in [1.54, 1.807) is 27.0 Å². The zero-order chi connectivity index (χ0) is 23.4. The minimum absolute atomic E-state index is 0.0851. The summed E-state index contributed by atoms with van der Waals surface area (Å²) in [7, 11) is 0. The van der Waals surface area contributed by atoms with E-state index in [4.69, 9.17) is 14.3 Å². The van der Waals surface area contributed by atoms with Gasteiger partial charge in [0.05, 0.1) is 11.9 Å². The topological polar surface area (TPSA) is 95.9 Å². The van der Waals surface area contributed by atoms with Crippen molar-refractivity contribution in [3.63, 3.8) is 0 Å². The van der Waals surface area contributed by atoms with E-state index in [0.717, 1.165) is 16.5 Å². The van der Waals surface area contributed by atoms with Crippen molar-refractivity contribution in [2.24, 2.45) is 5.92 Å². The first kappa shape index (κ1) is 24.2. The van der Waals surface area contributed by atoms with E-state index in [-0.39, 0.29) is 12.3 Å². The highest BCUT2D eigenvalue weighted by Crippen LogP contribution is 2.26. The van der Waals surface area contributed by atoms with Gasteiger partial charge in [0.15, 0.2) is 0 Å². The van der Waals surface area contributed by atoms with Crippen LogP contribution in [0, 0.1) is 5.92 Å². The van der Waals surface area contributed by atoms with Gasteiger partial charge >= 0.3 is 18.2 Å². The lowest BCUT2D eigenvalue weighted by molar-refractivity contribution is -0.151. The molecule has 2 aromatic rings. The maximum absolute atomic E-state index is 12.6. The number of hydrogen-bond acceptors (Lipinski definition) is 6. The van der Waals surface area contributed by atoms with E-state index in [2.05, 4.69) is 0 Å². The fourth-order valence-corrected chi connectivity index (χ4v) is 3.05. The number of benzene rings is 1. The van der Waals surface area contributed by atoms with Gasteiger partial charge in [-0.3, -0.25) is 4.57 Å². The Bertz CT molecular complexity index is 949. The van der Waals surface area contributed by atoms with E-state index >= 15 is 0 Å². The monoisotopic (exact) mass is 432 g/mol. The van der Waals surface area contributed by atoms with Gasteiger partial charge in [0, 0.05) is 11.6 Å². The Morgan fingerprint density at radius 3 is 2.23 bits per heavy atom. The van der Waals surface area contributed by atoms with Crippen LogP contribution in [0.5, 0.6) is 0 Å². The maximum atomic E-state index is 12.6. The van der Waals surface area contributed by atoms with Gasteiger partial charge in [0.2, 0.25) is 0 Å². The molecule has 0 radical (unpaired) electrons. The summed E-state index contributed by atoms with van der Waals surface area (Å²) in [5.74, 6) is -0.667. The Balaban J connectivity index is 2.04. The predicted molar refractivity (Wildman–Crippen MR) is 117 cm³/mol. The summed E-state index contributed by atoms with van der Waals surface area (Å²) in [4.78, 5) is 41.1. The first-order valence-electron chi connectivity index (χ1n) is 10.3. The first-order valence-corrected chi connectivity index (χ1v) is 10.3. The Morgan fingerprint density at radius 2 is 1.61 bits per heavy atom. The number of nitrogens with zero attached hydrogens (tertiary/aromatic N) is 1. The van der Waals surface area contributed by atoms with Crippen molar-refractivity contribution in [3.8, 4) is 0 Å². The Kier molecular flexibility index (Phi) is 7.36. The van der Waals surface area contributed by atoms with Crippen molar-refractivity contribution < 1.29 is 28.7 Å². The minimum atomic E-state index is -0.825. The number of carbonyl (C=O) groups is 3. The molecule has 1 unspecified atom stereocenters. The summed E-state index contributed by atoms with van der Waals surface area (Å²) in [5, 5.41) is 0.917. The molecule has 1 heterocycles. The number of rotatable bonds is 4. The second-order valence-electron chi connectivity index (χ2n) is 9.61. The number of nitrogens with one attached hydrogen (secondary N) is 1. The van der Waals surface area contributed by atoms with Crippen LogP contribution in [-0.2, 0) is 25.5 Å². The van der Waals surface area contributed by atoms with E-state index in [1.165, 1.54) is 4.57 Å². The smallest absolute Gasteiger partial charge is 0.441 e. The molecule has 2 rings (SSSR count). The molecule has 1 amide bonds. The number of hydroxylamine groups is 1. The highest BCUT2D eigenvalue weighted by Gasteiger charge is 2.22. The molecular weight excluding hydrogens is 400 g/mol. The van der Waals surface area contributed by atoms with Gasteiger partial charge in [0.25, 0.3) is 0 Å². The third-order valence-corrected chi connectivity index (χ3v) is 4.12. The quantitative estimate of drug-likeness (QED) is 0.541. The lowest BCUT2D eigenvalue weighted by atomic mass is 9.98. The highest BCUT2D eigenvalue weighted by atomic mass is 16.7. The van der Waals surface area contributed by atoms with Crippen molar-refractivity contribution in [2.75, 3.05) is 0 Å². The third kappa shape index (κ3) is 7.62. The van der Waals surface area contributed by atoms with Gasteiger partial charge in [0.1, 0.15) is 11.2 Å². The van der Waals surface area contributed by atoms with Gasteiger partial charge in [-0.2, -0.15) is 0 Å². The second-order valence-corrected chi connectivity index (χ2v) is 9.61. The highest BCUT2D eigenvalue weighted by molar-refractivity contribution is 5.92. The van der Waals surface area contributed by atoms with Crippen molar-refractivity contribution in [1.29, 1.82) is 0 Å². The fraction of sp³-hybridized carbons (Fsp3) is 0.522. The van der Waals surface area contributed by atoms with Gasteiger partial charge in [-0.1, -0.05) is 25.1 Å². The second kappa shape index (κ2) is 9.41. The van der Waals surface area contributed by atoms with E-state index in [9.17, 15) is 14.4 Å². The number of amides is 1. The Morgan fingerprint density at radius 1 is 1.00 bits per heavy atom. The number of carbonyl (C=O) groups excluding carboxylic acids is 3. The van der Waals surface area contributed by atoms with Gasteiger partial charge in [-0.25, -0.2) is 14.4 Å². The summed E-state index contributed by atoms with van der Waals surface area (Å²) in [6, 6.07) is 7.54. The molecule has 1 aromatic heterocycles. The number of para-hydroxylation sites is 1. The molecular formula is C23H32N2O6. The van der Waals surface area contributed by atoms with Crippen LogP contribution in [0.25, 0.3) is 10.9 Å².